The van der Waals surface area contributed by atoms with E-state index in [1.54, 1.807) is 7.05 Å². The molecule has 3 unspecified atom stereocenters. The number of nitrogens with one attached hydrogen (secondary N) is 1. The molecule has 6 heteroatoms. The molecule has 0 spiro atoms. The molecule has 0 saturated heterocycles. The van der Waals surface area contributed by atoms with Crippen molar-refractivity contribution < 1.29 is 14.3 Å². The van der Waals surface area contributed by atoms with Crippen molar-refractivity contribution in [1.29, 1.82) is 0 Å². The fourth-order valence-electron chi connectivity index (χ4n) is 10.7. The number of anilines is 2. The van der Waals surface area contributed by atoms with Gasteiger partial charge in [-0.15, -0.1) is 0 Å². The predicted octanol–water partition coefficient (Wildman–Crippen LogP) is 7.48. The Morgan fingerprint density at radius 1 is 0.884 bits per heavy atom. The lowest BCUT2D eigenvalue weighted by molar-refractivity contribution is -0.164. The average molecular weight is 588 g/mol. The largest absolute Gasteiger partial charge is 0.490 e. The van der Waals surface area contributed by atoms with Gasteiger partial charge >= 0.3 is 0 Å². The second-order valence-corrected chi connectivity index (χ2v) is 15.0. The third-order valence-corrected chi connectivity index (χ3v) is 12.8. The van der Waals surface area contributed by atoms with E-state index in [-0.39, 0.29) is 23.5 Å². The average Bonchev–Trinajstić information content (AvgIpc) is 3.34. The molecule has 2 aromatic rings. The van der Waals surface area contributed by atoms with Crippen molar-refractivity contribution in [2.45, 2.75) is 97.2 Å². The zero-order valence-corrected chi connectivity index (χ0v) is 26.7. The first-order valence-corrected chi connectivity index (χ1v) is 16.9. The van der Waals surface area contributed by atoms with Gasteiger partial charge in [0, 0.05) is 42.9 Å². The zero-order chi connectivity index (χ0) is 30.4. The number of carbonyl (C=O) groups is 1. The van der Waals surface area contributed by atoms with Crippen molar-refractivity contribution in [2.75, 3.05) is 18.5 Å². The van der Waals surface area contributed by atoms with Crippen LogP contribution in [0.25, 0.3) is 0 Å². The molecule has 2 aromatic carbocycles. The van der Waals surface area contributed by atoms with Gasteiger partial charge < -0.3 is 26.3 Å². The van der Waals surface area contributed by atoms with Gasteiger partial charge in [0.2, 0.25) is 5.91 Å². The summed E-state index contributed by atoms with van der Waals surface area (Å²) in [6.07, 6.45) is 11.4. The summed E-state index contributed by atoms with van der Waals surface area (Å²) in [7, 11) is 1.75. The summed E-state index contributed by atoms with van der Waals surface area (Å²) in [6, 6.07) is 15.8. The number of amides is 1. The fourth-order valence-corrected chi connectivity index (χ4v) is 10.7. The van der Waals surface area contributed by atoms with Crippen LogP contribution >= 0.6 is 0 Å². The molecule has 4 fully saturated rings. The van der Waals surface area contributed by atoms with Crippen molar-refractivity contribution in [1.82, 2.24) is 5.32 Å². The number of hydrogen-bond acceptors (Lipinski definition) is 5. The van der Waals surface area contributed by atoms with Gasteiger partial charge in [-0.05, 0) is 122 Å². The molecule has 4 saturated carbocycles. The molecule has 0 radical (unpaired) electrons. The molecule has 5 N–H and O–H groups in total. The Hall–Kier alpha value is -2.89. The number of benzene rings is 2. The molecular formula is C37H53N3O3. The highest BCUT2D eigenvalue weighted by Crippen LogP contribution is 2.68. The van der Waals surface area contributed by atoms with Crippen LogP contribution in [0.5, 0.6) is 11.5 Å². The first-order chi connectivity index (χ1) is 20.6. The minimum absolute atomic E-state index is 0.132. The van der Waals surface area contributed by atoms with Crippen LogP contribution in [0.3, 0.4) is 0 Å². The van der Waals surface area contributed by atoms with Crippen molar-refractivity contribution in [3.05, 3.63) is 48.5 Å². The van der Waals surface area contributed by atoms with Gasteiger partial charge in [-0.1, -0.05) is 32.9 Å². The predicted molar refractivity (Wildman–Crippen MR) is 174 cm³/mol. The Morgan fingerprint density at radius 2 is 1.53 bits per heavy atom. The molecule has 0 heterocycles. The summed E-state index contributed by atoms with van der Waals surface area (Å²) < 4.78 is 13.5. The summed E-state index contributed by atoms with van der Waals surface area (Å²) >= 11 is 0. The van der Waals surface area contributed by atoms with Crippen molar-refractivity contribution >= 4 is 17.3 Å². The minimum Gasteiger partial charge on any atom is -0.490 e. The van der Waals surface area contributed by atoms with Crippen LogP contribution in [-0.4, -0.2) is 25.2 Å². The fraction of sp³-hybridized carbons (Fsp3) is 0.649. The second kappa shape index (κ2) is 11.9. The maximum atomic E-state index is 12.1. The summed E-state index contributed by atoms with van der Waals surface area (Å²) in [5, 5.41) is 2.82. The van der Waals surface area contributed by atoms with Gasteiger partial charge in [0.15, 0.2) is 0 Å². The lowest BCUT2D eigenvalue weighted by Gasteiger charge is -2.63. The molecule has 234 valence electrons. The topological polar surface area (TPSA) is 99.6 Å². The van der Waals surface area contributed by atoms with Gasteiger partial charge in [-0.3, -0.25) is 4.79 Å². The van der Waals surface area contributed by atoms with Gasteiger partial charge in [-0.2, -0.15) is 0 Å². The van der Waals surface area contributed by atoms with Crippen molar-refractivity contribution in [3.8, 4) is 11.5 Å². The summed E-state index contributed by atoms with van der Waals surface area (Å²) in [5.74, 6) is 5.67. The smallest absolute Gasteiger partial charge is 0.219 e. The number of rotatable bonds is 8. The van der Waals surface area contributed by atoms with Crippen LogP contribution in [-0.2, 0) is 4.79 Å². The van der Waals surface area contributed by atoms with Gasteiger partial charge in [0.05, 0.1) is 6.10 Å². The normalized spacial score (nSPS) is 37.3. The van der Waals surface area contributed by atoms with Gasteiger partial charge in [0.25, 0.3) is 0 Å². The van der Waals surface area contributed by atoms with E-state index in [2.05, 4.69) is 32.2 Å². The van der Waals surface area contributed by atoms with E-state index < -0.39 is 0 Å². The minimum atomic E-state index is 0.132. The monoisotopic (exact) mass is 587 g/mol. The highest BCUT2D eigenvalue weighted by atomic mass is 16.5. The van der Waals surface area contributed by atoms with Crippen molar-refractivity contribution in [3.63, 3.8) is 0 Å². The SMILES string of the molecule is CNC(=O)CC[C@@H](C)[C@H]1CC[C@H]2[C@@H]3CC(Oc4cccc(N)c4)C4CC(Oc5cccc(N)c5)CC[C@]4(C)[C@H]3CC[C@]12C. The third-order valence-electron chi connectivity index (χ3n) is 12.8. The Bertz CT molecular complexity index is 1300. The second-order valence-electron chi connectivity index (χ2n) is 15.0. The van der Waals surface area contributed by atoms with E-state index >= 15 is 0 Å². The first-order valence-electron chi connectivity index (χ1n) is 16.9. The first kappa shape index (κ1) is 30.1. The van der Waals surface area contributed by atoms with Crippen LogP contribution in [0, 0.1) is 46.3 Å². The van der Waals surface area contributed by atoms with E-state index in [0.717, 1.165) is 55.0 Å². The maximum Gasteiger partial charge on any atom is 0.219 e. The number of fused-ring (bicyclic) bond motifs is 5. The number of carbonyl (C=O) groups excluding carboxylic acids is 1. The Kier molecular flexibility index (Phi) is 8.34. The van der Waals surface area contributed by atoms with E-state index in [0.29, 0.717) is 47.3 Å². The van der Waals surface area contributed by atoms with E-state index in [4.69, 9.17) is 20.9 Å². The highest BCUT2D eigenvalue weighted by molar-refractivity contribution is 5.75. The Morgan fingerprint density at radius 3 is 2.21 bits per heavy atom. The van der Waals surface area contributed by atoms with E-state index in [1.165, 1.54) is 25.7 Å². The van der Waals surface area contributed by atoms with Crippen LogP contribution in [0.1, 0.15) is 85.0 Å². The molecule has 4 aliphatic carbocycles. The molecular weight excluding hydrogens is 534 g/mol. The van der Waals surface area contributed by atoms with Crippen LogP contribution < -0.4 is 26.3 Å². The molecule has 6 nitrogen and oxygen atoms in total. The molecule has 0 bridgehead atoms. The zero-order valence-electron chi connectivity index (χ0n) is 26.7. The van der Waals surface area contributed by atoms with Crippen LogP contribution in [0.15, 0.2) is 48.5 Å². The van der Waals surface area contributed by atoms with E-state index in [9.17, 15) is 4.79 Å². The van der Waals surface area contributed by atoms with Crippen LogP contribution in [0.2, 0.25) is 0 Å². The third kappa shape index (κ3) is 5.71. The number of ether oxygens (including phenoxy) is 2. The summed E-state index contributed by atoms with van der Waals surface area (Å²) in [6.45, 7) is 7.58. The molecule has 4 aliphatic rings. The van der Waals surface area contributed by atoms with Gasteiger partial charge in [0.1, 0.15) is 17.6 Å². The molecule has 0 aromatic heterocycles. The Labute approximate surface area is 258 Å². The molecule has 0 aliphatic heterocycles. The molecule has 10 atom stereocenters. The summed E-state index contributed by atoms with van der Waals surface area (Å²) in [5.41, 5.74) is 14.3. The number of nitrogen functional groups attached to an aromatic ring is 2. The van der Waals surface area contributed by atoms with Crippen LogP contribution in [0.4, 0.5) is 11.4 Å². The lowest BCUT2D eigenvalue weighted by atomic mass is 9.43. The van der Waals surface area contributed by atoms with Crippen molar-refractivity contribution in [2.24, 2.45) is 46.3 Å². The quantitative estimate of drug-likeness (QED) is 0.278. The van der Waals surface area contributed by atoms with E-state index in [1.807, 2.05) is 42.5 Å². The lowest BCUT2D eigenvalue weighted by Crippen LogP contribution is -2.59. The number of hydrogen-bond donors (Lipinski definition) is 3. The summed E-state index contributed by atoms with van der Waals surface area (Å²) in [4.78, 5) is 12.1. The molecule has 43 heavy (non-hydrogen) atoms. The Balaban J connectivity index is 1.26. The van der Waals surface area contributed by atoms with Gasteiger partial charge in [-0.25, -0.2) is 0 Å². The maximum absolute atomic E-state index is 12.1. The highest BCUT2D eigenvalue weighted by Gasteiger charge is 2.63. The molecule has 6 rings (SSSR count). The molecule has 1 amide bonds. The number of nitrogens with two attached hydrogens (primary N) is 2. The standard InChI is InChI=1S/C37H53N3O3/c1-23(11-14-35(41)40-4)30-12-13-31-29-22-34(43-27-10-6-8-25(39)20-27)33-21-28(42-26-9-5-7-24(38)19-26)15-17-37(33,3)32(29)16-18-36(30,31)2/h5-10,19-20,23,28-34H,11-18,21-22,38-39H2,1-4H3,(H,40,41)/t23-,28?,29+,30-,31+,32+,33?,34?,36-,37-/m1/s1.